The zero-order valence-electron chi connectivity index (χ0n) is 14.0. The molecule has 126 valence electrons. The van der Waals surface area contributed by atoms with Crippen molar-refractivity contribution in [1.29, 1.82) is 0 Å². The molecule has 1 aromatic rings. The summed E-state index contributed by atoms with van der Waals surface area (Å²) < 4.78 is 10.5. The highest BCUT2D eigenvalue weighted by Crippen LogP contribution is 2.40. The van der Waals surface area contributed by atoms with Gasteiger partial charge in [-0.15, -0.1) is 0 Å². The van der Waals surface area contributed by atoms with Crippen LogP contribution in [0.1, 0.15) is 64.6 Å². The van der Waals surface area contributed by atoms with E-state index in [2.05, 4.69) is 10.1 Å². The van der Waals surface area contributed by atoms with Crippen LogP contribution >= 0.6 is 0 Å². The lowest BCUT2D eigenvalue weighted by Gasteiger charge is -2.36. The summed E-state index contributed by atoms with van der Waals surface area (Å²) in [5.74, 6) is 0.952. The van der Waals surface area contributed by atoms with Gasteiger partial charge < -0.3 is 9.26 Å². The molecule has 2 aliphatic rings. The minimum Gasteiger partial charge on any atom is -0.455 e. The van der Waals surface area contributed by atoms with Gasteiger partial charge in [-0.25, -0.2) is 0 Å². The summed E-state index contributed by atoms with van der Waals surface area (Å²) >= 11 is 0. The molecule has 0 radical (unpaired) electrons. The Hall–Kier alpha value is -1.72. The molecule has 1 aromatic heterocycles. The Balaban J connectivity index is 1.56. The van der Waals surface area contributed by atoms with Gasteiger partial charge in [0.1, 0.15) is 5.78 Å². The topological polar surface area (TPSA) is 82.3 Å². The van der Waals surface area contributed by atoms with Gasteiger partial charge >= 0.3 is 5.97 Å². The summed E-state index contributed by atoms with van der Waals surface area (Å²) in [6.45, 7) is 5.98. The molecule has 23 heavy (non-hydrogen) atoms. The average Bonchev–Trinajstić information content (AvgIpc) is 2.93. The maximum atomic E-state index is 12.3. The molecule has 0 N–H and O–H groups in total. The van der Waals surface area contributed by atoms with Crippen molar-refractivity contribution in [2.24, 2.45) is 17.8 Å². The van der Waals surface area contributed by atoms with Crippen LogP contribution in [0, 0.1) is 17.8 Å². The molecule has 0 saturated heterocycles. The third-order valence-electron chi connectivity index (χ3n) is 4.86. The van der Waals surface area contributed by atoms with Crippen LogP contribution in [0.3, 0.4) is 0 Å². The molecule has 1 heterocycles. The number of fused-ring (bicyclic) bond motifs is 2. The smallest absolute Gasteiger partial charge is 0.309 e. The second-order valence-corrected chi connectivity index (χ2v) is 7.76. The van der Waals surface area contributed by atoms with Crippen LogP contribution in [-0.2, 0) is 26.3 Å². The number of aromatic nitrogens is 2. The number of hydrogen-bond donors (Lipinski definition) is 0. The molecule has 3 rings (SSSR count). The van der Waals surface area contributed by atoms with Gasteiger partial charge in [-0.05, 0) is 25.7 Å². The Morgan fingerprint density at radius 3 is 2.48 bits per heavy atom. The summed E-state index contributed by atoms with van der Waals surface area (Å²) in [7, 11) is 0. The van der Waals surface area contributed by atoms with Gasteiger partial charge in [-0.3, -0.25) is 9.59 Å². The molecule has 6 nitrogen and oxygen atoms in total. The van der Waals surface area contributed by atoms with E-state index in [1.165, 1.54) is 0 Å². The number of hydrogen-bond acceptors (Lipinski definition) is 6. The zero-order chi connectivity index (χ0) is 16.6. The summed E-state index contributed by atoms with van der Waals surface area (Å²) in [6.07, 6.45) is 4.19. The maximum Gasteiger partial charge on any atom is 0.309 e. The highest BCUT2D eigenvalue weighted by Gasteiger charge is 2.41. The third-order valence-corrected chi connectivity index (χ3v) is 4.86. The molecule has 0 amide bonds. The first-order chi connectivity index (χ1) is 10.8. The molecular weight excluding hydrogens is 296 g/mol. The predicted molar refractivity (Wildman–Crippen MR) is 81.4 cm³/mol. The van der Waals surface area contributed by atoms with Crippen molar-refractivity contribution in [3.63, 3.8) is 0 Å². The van der Waals surface area contributed by atoms with Crippen LogP contribution < -0.4 is 0 Å². The fraction of sp³-hybridized carbons (Fsp3) is 0.765. The summed E-state index contributed by atoms with van der Waals surface area (Å²) in [5.41, 5.74) is -0.201. The van der Waals surface area contributed by atoms with Gasteiger partial charge in [-0.2, -0.15) is 4.98 Å². The number of esters is 1. The molecule has 1 unspecified atom stereocenters. The van der Waals surface area contributed by atoms with E-state index >= 15 is 0 Å². The van der Waals surface area contributed by atoms with Crippen LogP contribution in [0.5, 0.6) is 0 Å². The normalized spacial score (nSPS) is 27.8. The molecule has 0 spiro atoms. The van der Waals surface area contributed by atoms with Crippen molar-refractivity contribution >= 4 is 11.8 Å². The number of nitrogens with zero attached hydrogens (tertiary/aromatic N) is 2. The molecule has 2 bridgehead atoms. The molecular formula is C17H24N2O4. The van der Waals surface area contributed by atoms with Gasteiger partial charge in [0.15, 0.2) is 12.4 Å². The highest BCUT2D eigenvalue weighted by atomic mass is 16.6. The number of Topliss-reactive ketones (excluding diaryl/α,β-unsaturated/α-hetero) is 1. The van der Waals surface area contributed by atoms with Crippen molar-refractivity contribution in [3.05, 3.63) is 11.7 Å². The number of ether oxygens (including phenoxy) is 1. The van der Waals surface area contributed by atoms with Gasteiger partial charge in [0, 0.05) is 17.3 Å². The fourth-order valence-electron chi connectivity index (χ4n) is 3.54. The SMILES string of the molecule is CC(C)(C)c1noc(COC(=O)C2C[C@H]3CCC[C@@H](C2)C3=O)n1. The molecule has 6 heteroatoms. The molecule has 3 atom stereocenters. The van der Waals surface area contributed by atoms with Crippen molar-refractivity contribution in [1.82, 2.24) is 10.1 Å². The van der Waals surface area contributed by atoms with Crippen LogP contribution in [-0.4, -0.2) is 21.9 Å². The molecule has 2 aliphatic carbocycles. The van der Waals surface area contributed by atoms with E-state index < -0.39 is 0 Å². The second kappa shape index (κ2) is 6.06. The third kappa shape index (κ3) is 3.46. The standard InChI is InChI=1S/C17H24N2O4/c1-17(2,3)16-18-13(23-19-16)9-22-15(21)12-7-10-5-4-6-11(8-12)14(10)20/h10-12H,4-9H2,1-3H3/t10-,11+,12?. The van der Waals surface area contributed by atoms with Crippen LogP contribution in [0.25, 0.3) is 0 Å². The van der Waals surface area contributed by atoms with E-state index in [-0.39, 0.29) is 35.7 Å². The van der Waals surface area contributed by atoms with Crippen LogP contribution in [0.2, 0.25) is 0 Å². The Morgan fingerprint density at radius 1 is 1.26 bits per heavy atom. The average molecular weight is 320 g/mol. The monoisotopic (exact) mass is 320 g/mol. The number of carbonyl (C=O) groups is 2. The number of rotatable bonds is 3. The maximum absolute atomic E-state index is 12.3. The lowest BCUT2D eigenvalue weighted by Crippen LogP contribution is -2.39. The van der Waals surface area contributed by atoms with E-state index in [4.69, 9.17) is 9.26 Å². The first kappa shape index (κ1) is 16.1. The van der Waals surface area contributed by atoms with Crippen molar-refractivity contribution in [3.8, 4) is 0 Å². The Bertz CT molecular complexity index is 586. The Kier molecular flexibility index (Phi) is 4.25. The van der Waals surface area contributed by atoms with Gasteiger partial charge in [0.25, 0.3) is 5.89 Å². The molecule has 0 aliphatic heterocycles. The molecule has 2 fully saturated rings. The zero-order valence-corrected chi connectivity index (χ0v) is 14.0. The van der Waals surface area contributed by atoms with E-state index in [0.717, 1.165) is 19.3 Å². The second-order valence-electron chi connectivity index (χ2n) is 7.76. The first-order valence-corrected chi connectivity index (χ1v) is 8.38. The quantitative estimate of drug-likeness (QED) is 0.796. The van der Waals surface area contributed by atoms with E-state index in [1.807, 2.05) is 20.8 Å². The number of carbonyl (C=O) groups excluding carboxylic acids is 2. The van der Waals surface area contributed by atoms with Gasteiger partial charge in [0.05, 0.1) is 5.92 Å². The summed E-state index contributed by atoms with van der Waals surface area (Å²) in [4.78, 5) is 28.6. The molecule has 2 saturated carbocycles. The lowest BCUT2D eigenvalue weighted by atomic mass is 9.67. The highest BCUT2D eigenvalue weighted by molar-refractivity contribution is 5.87. The first-order valence-electron chi connectivity index (χ1n) is 8.38. The summed E-state index contributed by atoms with van der Waals surface area (Å²) in [5, 5.41) is 3.91. The molecule has 0 aromatic carbocycles. The minimum absolute atomic E-state index is 0.00168. The van der Waals surface area contributed by atoms with E-state index in [1.54, 1.807) is 0 Å². The Labute approximate surface area is 136 Å². The predicted octanol–water partition coefficient (Wildman–Crippen LogP) is 2.81. The number of ketones is 1. The van der Waals surface area contributed by atoms with Crippen molar-refractivity contribution in [2.75, 3.05) is 0 Å². The minimum atomic E-state index is -0.245. The fourth-order valence-corrected chi connectivity index (χ4v) is 3.54. The lowest BCUT2D eigenvalue weighted by molar-refractivity contribution is -0.155. The van der Waals surface area contributed by atoms with Gasteiger partial charge in [0.2, 0.25) is 0 Å². The van der Waals surface area contributed by atoms with Crippen LogP contribution in [0.4, 0.5) is 0 Å². The van der Waals surface area contributed by atoms with Crippen molar-refractivity contribution in [2.45, 2.75) is 64.9 Å². The van der Waals surface area contributed by atoms with E-state index in [0.29, 0.717) is 30.3 Å². The van der Waals surface area contributed by atoms with E-state index in [9.17, 15) is 9.59 Å². The van der Waals surface area contributed by atoms with Gasteiger partial charge in [-0.1, -0.05) is 32.3 Å². The van der Waals surface area contributed by atoms with Crippen molar-refractivity contribution < 1.29 is 18.8 Å². The Morgan fingerprint density at radius 2 is 1.91 bits per heavy atom. The van der Waals surface area contributed by atoms with Crippen LogP contribution in [0.15, 0.2) is 4.52 Å². The summed E-state index contributed by atoms with van der Waals surface area (Å²) in [6, 6.07) is 0. The largest absolute Gasteiger partial charge is 0.455 e.